The molecule has 2 rings (SSSR count). The van der Waals surface area contributed by atoms with Crippen LogP contribution in [0.4, 0.5) is 0 Å². The molecule has 1 fully saturated rings. The first-order valence-corrected chi connectivity index (χ1v) is 10.3. The summed E-state index contributed by atoms with van der Waals surface area (Å²) < 4.78 is 33.4. The summed E-state index contributed by atoms with van der Waals surface area (Å²) in [6.45, 7) is 5.27. The lowest BCUT2D eigenvalue weighted by atomic mass is 10.0. The van der Waals surface area contributed by atoms with Crippen LogP contribution in [0.1, 0.15) is 33.1 Å². The van der Waals surface area contributed by atoms with Gasteiger partial charge in [0.25, 0.3) is 0 Å². The molecule has 1 heterocycles. The van der Waals surface area contributed by atoms with E-state index in [1.54, 1.807) is 11.0 Å². The Morgan fingerprint density at radius 1 is 1.32 bits per heavy atom. The Hall–Kier alpha value is -1.31. The predicted octanol–water partition coefficient (Wildman–Crippen LogP) is 2.66. The third-order valence-corrected chi connectivity index (χ3v) is 5.86. The summed E-state index contributed by atoms with van der Waals surface area (Å²) in [5.74, 6) is 0.185. The number of methoxy groups -OCH3 is 1. The van der Waals surface area contributed by atoms with Gasteiger partial charge in [0.1, 0.15) is 16.7 Å². The SMILES string of the molecule is COc1ccc(Cl)cc1S(=O)(=O)N[C@H](CC(C)C)C(=O)N1CCCC1. The summed E-state index contributed by atoms with van der Waals surface area (Å²) in [6, 6.07) is 3.58. The van der Waals surface area contributed by atoms with Gasteiger partial charge in [0.2, 0.25) is 15.9 Å². The Morgan fingerprint density at radius 3 is 2.52 bits per heavy atom. The molecule has 0 unspecified atom stereocenters. The molecule has 0 saturated carbocycles. The number of sulfonamides is 1. The van der Waals surface area contributed by atoms with E-state index in [0.717, 1.165) is 12.8 Å². The minimum atomic E-state index is -3.95. The minimum absolute atomic E-state index is 0.0644. The van der Waals surface area contributed by atoms with Crippen LogP contribution in [-0.4, -0.2) is 45.5 Å². The lowest BCUT2D eigenvalue weighted by molar-refractivity contribution is -0.132. The largest absolute Gasteiger partial charge is 0.495 e. The number of hydrogen-bond acceptors (Lipinski definition) is 4. The number of nitrogens with one attached hydrogen (secondary N) is 1. The number of likely N-dealkylation sites (tertiary alicyclic amines) is 1. The fraction of sp³-hybridized carbons (Fsp3) is 0.588. The van der Waals surface area contributed by atoms with Crippen molar-refractivity contribution in [3.05, 3.63) is 23.2 Å². The smallest absolute Gasteiger partial charge is 0.245 e. The van der Waals surface area contributed by atoms with Gasteiger partial charge in [-0.3, -0.25) is 4.79 Å². The number of halogens is 1. The first-order valence-electron chi connectivity index (χ1n) is 8.39. The second-order valence-corrected chi connectivity index (χ2v) is 8.75. The molecule has 0 bridgehead atoms. The predicted molar refractivity (Wildman–Crippen MR) is 97.4 cm³/mol. The molecule has 140 valence electrons. The first kappa shape index (κ1) is 20.0. The Labute approximate surface area is 154 Å². The summed E-state index contributed by atoms with van der Waals surface area (Å²) in [7, 11) is -2.56. The quantitative estimate of drug-likeness (QED) is 0.779. The molecule has 1 amide bonds. The van der Waals surface area contributed by atoms with Gasteiger partial charge >= 0.3 is 0 Å². The monoisotopic (exact) mass is 388 g/mol. The van der Waals surface area contributed by atoms with Gasteiger partial charge in [-0.1, -0.05) is 25.4 Å². The minimum Gasteiger partial charge on any atom is -0.495 e. The molecule has 1 N–H and O–H groups in total. The number of ether oxygens (including phenoxy) is 1. The van der Waals surface area contributed by atoms with Crippen molar-refractivity contribution < 1.29 is 17.9 Å². The Kier molecular flexibility index (Phi) is 6.71. The molecular formula is C17H25ClN2O4S. The van der Waals surface area contributed by atoms with Gasteiger partial charge in [0.15, 0.2) is 0 Å². The highest BCUT2D eigenvalue weighted by molar-refractivity contribution is 7.89. The van der Waals surface area contributed by atoms with Gasteiger partial charge < -0.3 is 9.64 Å². The van der Waals surface area contributed by atoms with Crippen LogP contribution in [-0.2, 0) is 14.8 Å². The Balaban J connectivity index is 2.30. The van der Waals surface area contributed by atoms with Crippen LogP contribution in [0, 0.1) is 5.92 Å². The molecule has 25 heavy (non-hydrogen) atoms. The molecule has 1 saturated heterocycles. The van der Waals surface area contributed by atoms with Gasteiger partial charge in [0.05, 0.1) is 7.11 Å². The zero-order valence-electron chi connectivity index (χ0n) is 14.8. The second-order valence-electron chi connectivity index (χ2n) is 6.63. The van der Waals surface area contributed by atoms with Gasteiger partial charge in [-0.2, -0.15) is 4.72 Å². The average molecular weight is 389 g/mol. The van der Waals surface area contributed by atoms with Crippen LogP contribution < -0.4 is 9.46 Å². The van der Waals surface area contributed by atoms with E-state index in [-0.39, 0.29) is 27.5 Å². The number of rotatable bonds is 7. The van der Waals surface area contributed by atoms with E-state index in [1.165, 1.54) is 19.2 Å². The molecule has 0 aromatic heterocycles. The van der Waals surface area contributed by atoms with Gasteiger partial charge in [0, 0.05) is 18.1 Å². The zero-order valence-corrected chi connectivity index (χ0v) is 16.4. The van der Waals surface area contributed by atoms with E-state index < -0.39 is 16.1 Å². The van der Waals surface area contributed by atoms with Crippen molar-refractivity contribution in [1.29, 1.82) is 0 Å². The van der Waals surface area contributed by atoms with Crippen LogP contribution in [0.5, 0.6) is 5.75 Å². The van der Waals surface area contributed by atoms with Crippen LogP contribution in [0.25, 0.3) is 0 Å². The van der Waals surface area contributed by atoms with E-state index in [4.69, 9.17) is 16.3 Å². The van der Waals surface area contributed by atoms with Crippen LogP contribution in [0.3, 0.4) is 0 Å². The number of carbonyl (C=O) groups excluding carboxylic acids is 1. The summed E-state index contributed by atoms with van der Waals surface area (Å²) in [6.07, 6.45) is 2.33. The van der Waals surface area contributed by atoms with E-state index >= 15 is 0 Å². The van der Waals surface area contributed by atoms with Crippen molar-refractivity contribution in [3.8, 4) is 5.75 Å². The molecular weight excluding hydrogens is 364 g/mol. The highest BCUT2D eigenvalue weighted by Gasteiger charge is 2.32. The van der Waals surface area contributed by atoms with Crippen molar-refractivity contribution in [2.75, 3.05) is 20.2 Å². The number of nitrogens with zero attached hydrogens (tertiary/aromatic N) is 1. The highest BCUT2D eigenvalue weighted by Crippen LogP contribution is 2.27. The third-order valence-electron chi connectivity index (χ3n) is 4.14. The molecule has 0 radical (unpaired) electrons. The average Bonchev–Trinajstić information content (AvgIpc) is 3.07. The molecule has 0 spiro atoms. The van der Waals surface area contributed by atoms with E-state index in [1.807, 2.05) is 13.8 Å². The standard InChI is InChI=1S/C17H25ClN2O4S/c1-12(2)10-14(17(21)20-8-4-5-9-20)19-25(22,23)16-11-13(18)6-7-15(16)24-3/h6-7,11-12,14,19H,4-5,8-10H2,1-3H3/t14-/m1/s1. The molecule has 1 aromatic rings. The Morgan fingerprint density at radius 2 is 1.96 bits per heavy atom. The molecule has 1 aromatic carbocycles. The summed E-state index contributed by atoms with van der Waals surface area (Å²) in [4.78, 5) is 14.4. The van der Waals surface area contributed by atoms with Crippen LogP contribution in [0.15, 0.2) is 23.1 Å². The van der Waals surface area contributed by atoms with Gasteiger partial charge in [-0.25, -0.2) is 8.42 Å². The van der Waals surface area contributed by atoms with E-state index in [2.05, 4.69) is 4.72 Å². The first-order chi connectivity index (χ1) is 11.7. The Bertz CT molecular complexity index is 715. The van der Waals surface area contributed by atoms with Crippen molar-refractivity contribution in [1.82, 2.24) is 9.62 Å². The molecule has 1 aliphatic heterocycles. The van der Waals surface area contributed by atoms with Crippen molar-refractivity contribution in [2.45, 2.75) is 44.0 Å². The molecule has 0 aliphatic carbocycles. The van der Waals surface area contributed by atoms with E-state index in [9.17, 15) is 13.2 Å². The summed E-state index contributed by atoms with van der Waals surface area (Å²) >= 11 is 5.94. The lowest BCUT2D eigenvalue weighted by Gasteiger charge is -2.25. The number of benzene rings is 1. The maximum Gasteiger partial charge on any atom is 0.245 e. The summed E-state index contributed by atoms with van der Waals surface area (Å²) in [5.41, 5.74) is 0. The molecule has 6 nitrogen and oxygen atoms in total. The number of amides is 1. The number of hydrogen-bond donors (Lipinski definition) is 1. The molecule has 8 heteroatoms. The topological polar surface area (TPSA) is 75.7 Å². The number of carbonyl (C=O) groups is 1. The molecule has 1 aliphatic rings. The van der Waals surface area contributed by atoms with Crippen LogP contribution in [0.2, 0.25) is 5.02 Å². The van der Waals surface area contributed by atoms with Crippen molar-refractivity contribution in [2.24, 2.45) is 5.92 Å². The van der Waals surface area contributed by atoms with Crippen molar-refractivity contribution in [3.63, 3.8) is 0 Å². The van der Waals surface area contributed by atoms with Crippen molar-refractivity contribution >= 4 is 27.5 Å². The van der Waals surface area contributed by atoms with Gasteiger partial charge in [-0.05, 0) is 43.4 Å². The maximum absolute atomic E-state index is 12.9. The maximum atomic E-state index is 12.9. The highest BCUT2D eigenvalue weighted by atomic mass is 35.5. The summed E-state index contributed by atoms with van der Waals surface area (Å²) in [5, 5.41) is 0.285. The third kappa shape index (κ3) is 5.09. The fourth-order valence-corrected chi connectivity index (χ4v) is 4.57. The fourth-order valence-electron chi connectivity index (χ4n) is 2.94. The lowest BCUT2D eigenvalue weighted by Crippen LogP contribution is -2.48. The normalized spacial score (nSPS) is 16.3. The van der Waals surface area contributed by atoms with Crippen LogP contribution >= 0.6 is 11.6 Å². The van der Waals surface area contributed by atoms with E-state index in [0.29, 0.717) is 19.5 Å². The zero-order chi connectivity index (χ0) is 18.6. The van der Waals surface area contributed by atoms with Gasteiger partial charge in [-0.15, -0.1) is 0 Å². The molecule has 1 atom stereocenters. The second kappa shape index (κ2) is 8.38.